The average Bonchev–Trinajstić information content (AvgIpc) is 3.59. The summed E-state index contributed by atoms with van der Waals surface area (Å²) in [4.78, 5) is 15.6. The van der Waals surface area contributed by atoms with Gasteiger partial charge < -0.3 is 9.72 Å². The van der Waals surface area contributed by atoms with Gasteiger partial charge in [-0.25, -0.2) is 22.2 Å². The first-order chi connectivity index (χ1) is 18.8. The molecule has 200 valence electrons. The molecule has 0 unspecified atom stereocenters. The molecule has 2 N–H and O–H groups in total. The lowest BCUT2D eigenvalue weighted by atomic mass is 10.0. The quantitative estimate of drug-likeness (QED) is 0.250. The number of hydrogen-bond acceptors (Lipinski definition) is 6. The molecular weight excluding hydrogens is 521 g/mol. The third-order valence-corrected chi connectivity index (χ3v) is 7.96. The Labute approximate surface area is 224 Å². The van der Waals surface area contributed by atoms with Gasteiger partial charge in [-0.3, -0.25) is 4.79 Å². The first-order valence-electron chi connectivity index (χ1n) is 12.2. The Morgan fingerprint density at radius 2 is 1.74 bits per heavy atom. The van der Waals surface area contributed by atoms with Crippen molar-refractivity contribution in [2.75, 3.05) is 7.11 Å². The largest absolute Gasteiger partial charge is 0.469 e. The fraction of sp³-hybridized carbons (Fsp3) is 0.179. The first-order valence-corrected chi connectivity index (χ1v) is 13.7. The summed E-state index contributed by atoms with van der Waals surface area (Å²) in [5.74, 6) is -0.755. The number of rotatable bonds is 10. The van der Waals surface area contributed by atoms with Crippen LogP contribution < -0.4 is 4.72 Å². The molecular formula is C28H26FN5O4S. The number of benzene rings is 3. The van der Waals surface area contributed by atoms with E-state index in [-0.39, 0.29) is 23.7 Å². The summed E-state index contributed by atoms with van der Waals surface area (Å²) in [5, 5.41) is 9.19. The van der Waals surface area contributed by atoms with Gasteiger partial charge >= 0.3 is 5.97 Å². The maximum Gasteiger partial charge on any atom is 0.307 e. The van der Waals surface area contributed by atoms with E-state index in [4.69, 9.17) is 4.74 Å². The number of aromatic nitrogens is 4. The van der Waals surface area contributed by atoms with Crippen molar-refractivity contribution in [2.45, 2.75) is 30.3 Å². The maximum atomic E-state index is 13.2. The van der Waals surface area contributed by atoms with Crippen LogP contribution in [0.1, 0.15) is 23.7 Å². The number of para-hydroxylation sites is 1. The summed E-state index contributed by atoms with van der Waals surface area (Å²) in [5.41, 5.74) is 3.99. The van der Waals surface area contributed by atoms with Crippen LogP contribution in [-0.4, -0.2) is 41.5 Å². The number of esters is 1. The standard InChI is InChI=1S/C28H26FN5O4S/c1-38-28(35)15-23(14-21-16-30-27-5-3-2-4-26(21)27)34-24(17-31-33-34)18-32-39(36,37)25-12-8-20(9-13-25)19-6-10-22(29)11-7-19/h2-13,16-17,23,30,32H,14-15,18H2,1H3/t23-/m1/s1. The Hall–Kier alpha value is -4.35. The third kappa shape index (κ3) is 5.89. The number of nitrogens with zero attached hydrogens (tertiary/aromatic N) is 3. The van der Waals surface area contributed by atoms with Crippen LogP contribution in [-0.2, 0) is 32.5 Å². The molecule has 1 atom stereocenters. The van der Waals surface area contributed by atoms with Crippen LogP contribution in [0.15, 0.2) is 90.1 Å². The molecule has 2 aromatic heterocycles. The third-order valence-electron chi connectivity index (χ3n) is 6.54. The smallest absolute Gasteiger partial charge is 0.307 e. The van der Waals surface area contributed by atoms with Crippen molar-refractivity contribution in [3.05, 3.63) is 102 Å². The van der Waals surface area contributed by atoms with Gasteiger partial charge in [0.25, 0.3) is 0 Å². The number of carbonyl (C=O) groups is 1. The molecule has 0 fully saturated rings. The zero-order chi connectivity index (χ0) is 27.4. The second kappa shape index (κ2) is 11.2. The predicted octanol–water partition coefficient (Wildman–Crippen LogP) is 4.39. The highest BCUT2D eigenvalue weighted by atomic mass is 32.2. The molecule has 0 aliphatic rings. The normalized spacial score (nSPS) is 12.5. The van der Waals surface area contributed by atoms with E-state index in [9.17, 15) is 17.6 Å². The number of aromatic amines is 1. The summed E-state index contributed by atoms with van der Waals surface area (Å²) >= 11 is 0. The van der Waals surface area contributed by atoms with Crippen LogP contribution in [0.25, 0.3) is 22.0 Å². The molecule has 39 heavy (non-hydrogen) atoms. The lowest BCUT2D eigenvalue weighted by molar-refractivity contribution is -0.141. The van der Waals surface area contributed by atoms with Crippen molar-refractivity contribution in [3.63, 3.8) is 0 Å². The highest BCUT2D eigenvalue weighted by Crippen LogP contribution is 2.26. The Morgan fingerprint density at radius 3 is 2.46 bits per heavy atom. The van der Waals surface area contributed by atoms with E-state index in [1.165, 1.54) is 37.6 Å². The summed E-state index contributed by atoms with van der Waals surface area (Å²) in [6.45, 7) is -0.0827. The molecule has 0 radical (unpaired) electrons. The molecule has 3 aromatic carbocycles. The van der Waals surface area contributed by atoms with Crippen molar-refractivity contribution < 1.29 is 22.3 Å². The zero-order valence-corrected chi connectivity index (χ0v) is 21.9. The summed E-state index contributed by atoms with van der Waals surface area (Å²) in [7, 11) is -2.54. The number of hydrogen-bond donors (Lipinski definition) is 2. The second-order valence-corrected chi connectivity index (χ2v) is 10.8. The van der Waals surface area contributed by atoms with Gasteiger partial charge in [0.1, 0.15) is 5.82 Å². The summed E-state index contributed by atoms with van der Waals surface area (Å²) < 4.78 is 48.4. The number of H-pyrrole nitrogens is 1. The number of sulfonamides is 1. The van der Waals surface area contributed by atoms with Crippen LogP contribution in [0.4, 0.5) is 4.39 Å². The molecule has 0 amide bonds. The zero-order valence-electron chi connectivity index (χ0n) is 21.0. The Kier molecular flexibility index (Phi) is 7.53. The molecule has 2 heterocycles. The van der Waals surface area contributed by atoms with Crippen LogP contribution in [0, 0.1) is 5.82 Å². The average molecular weight is 548 g/mol. The van der Waals surface area contributed by atoms with Gasteiger partial charge in [0, 0.05) is 17.1 Å². The van der Waals surface area contributed by atoms with Crippen molar-refractivity contribution in [1.82, 2.24) is 24.7 Å². The molecule has 5 aromatic rings. The fourth-order valence-electron chi connectivity index (χ4n) is 4.50. The molecule has 0 spiro atoms. The first kappa shape index (κ1) is 26.3. The Balaban J connectivity index is 1.34. The molecule has 0 aliphatic heterocycles. The molecule has 0 saturated heterocycles. The van der Waals surface area contributed by atoms with E-state index < -0.39 is 22.0 Å². The fourth-order valence-corrected chi connectivity index (χ4v) is 5.49. The Bertz CT molecular complexity index is 1700. The summed E-state index contributed by atoms with van der Waals surface area (Å²) in [6.07, 6.45) is 3.85. The molecule has 0 aliphatic carbocycles. The van der Waals surface area contributed by atoms with E-state index in [1.807, 2.05) is 30.5 Å². The van der Waals surface area contributed by atoms with Gasteiger partial charge in [0.2, 0.25) is 10.0 Å². The monoisotopic (exact) mass is 547 g/mol. The number of halogens is 1. The number of carbonyl (C=O) groups excluding carboxylic acids is 1. The van der Waals surface area contributed by atoms with Crippen LogP contribution in [0.5, 0.6) is 0 Å². The molecule has 5 rings (SSSR count). The van der Waals surface area contributed by atoms with E-state index in [0.29, 0.717) is 12.1 Å². The number of nitrogens with one attached hydrogen (secondary N) is 2. The number of ether oxygens (including phenoxy) is 1. The van der Waals surface area contributed by atoms with E-state index in [1.54, 1.807) is 28.9 Å². The van der Waals surface area contributed by atoms with Crippen LogP contribution >= 0.6 is 0 Å². The van der Waals surface area contributed by atoms with Crippen molar-refractivity contribution in [1.29, 1.82) is 0 Å². The van der Waals surface area contributed by atoms with Crippen LogP contribution in [0.3, 0.4) is 0 Å². The van der Waals surface area contributed by atoms with Crippen LogP contribution in [0.2, 0.25) is 0 Å². The van der Waals surface area contributed by atoms with Gasteiger partial charge in [-0.1, -0.05) is 47.7 Å². The van der Waals surface area contributed by atoms with Gasteiger partial charge in [-0.15, -0.1) is 5.10 Å². The van der Waals surface area contributed by atoms with E-state index in [0.717, 1.165) is 27.6 Å². The summed E-state index contributed by atoms with van der Waals surface area (Å²) in [6, 6.07) is 19.7. The highest BCUT2D eigenvalue weighted by molar-refractivity contribution is 7.89. The van der Waals surface area contributed by atoms with E-state index in [2.05, 4.69) is 20.0 Å². The molecule has 9 nitrogen and oxygen atoms in total. The minimum absolute atomic E-state index is 0.0317. The van der Waals surface area contributed by atoms with Gasteiger partial charge in [-0.05, 0) is 53.4 Å². The Morgan fingerprint density at radius 1 is 1.05 bits per heavy atom. The van der Waals surface area contributed by atoms with Crippen molar-refractivity contribution in [3.8, 4) is 11.1 Å². The van der Waals surface area contributed by atoms with Crippen molar-refractivity contribution >= 4 is 26.9 Å². The second-order valence-electron chi connectivity index (χ2n) is 9.02. The number of fused-ring (bicyclic) bond motifs is 1. The maximum absolute atomic E-state index is 13.2. The van der Waals surface area contributed by atoms with Gasteiger partial charge in [0.05, 0.1) is 42.9 Å². The SMILES string of the molecule is COC(=O)C[C@@H](Cc1c[nH]c2ccccc12)n1nncc1CNS(=O)(=O)c1ccc(-c2ccc(F)cc2)cc1. The minimum Gasteiger partial charge on any atom is -0.469 e. The van der Waals surface area contributed by atoms with Gasteiger partial charge in [0.15, 0.2) is 0 Å². The molecule has 0 saturated carbocycles. The van der Waals surface area contributed by atoms with Crippen molar-refractivity contribution in [2.24, 2.45) is 0 Å². The topological polar surface area (TPSA) is 119 Å². The van der Waals surface area contributed by atoms with Gasteiger partial charge in [-0.2, -0.15) is 0 Å². The highest BCUT2D eigenvalue weighted by Gasteiger charge is 2.23. The lowest BCUT2D eigenvalue weighted by Gasteiger charge is -2.18. The predicted molar refractivity (Wildman–Crippen MR) is 144 cm³/mol. The molecule has 0 bridgehead atoms. The number of methoxy groups -OCH3 is 1. The van der Waals surface area contributed by atoms with E-state index >= 15 is 0 Å². The lowest BCUT2D eigenvalue weighted by Crippen LogP contribution is -2.27. The molecule has 11 heteroatoms. The minimum atomic E-state index is -3.87.